The molecule has 126 valence electrons. The van der Waals surface area contributed by atoms with Crippen molar-refractivity contribution in [3.63, 3.8) is 0 Å². The van der Waals surface area contributed by atoms with E-state index in [1.54, 1.807) is 12.3 Å². The largest absolute Gasteiger partial charge is 0.494 e. The number of benzene rings is 1. The quantitative estimate of drug-likeness (QED) is 0.729. The zero-order valence-electron chi connectivity index (χ0n) is 13.9. The van der Waals surface area contributed by atoms with Crippen LogP contribution in [0.25, 0.3) is 11.3 Å². The zero-order valence-corrected chi connectivity index (χ0v) is 13.9. The van der Waals surface area contributed by atoms with Crippen molar-refractivity contribution in [1.29, 1.82) is 0 Å². The van der Waals surface area contributed by atoms with Crippen LogP contribution in [0.2, 0.25) is 0 Å². The minimum Gasteiger partial charge on any atom is -0.494 e. The van der Waals surface area contributed by atoms with Gasteiger partial charge in [-0.3, -0.25) is 15.1 Å². The summed E-state index contributed by atoms with van der Waals surface area (Å²) in [6.07, 6.45) is 1.77. The van der Waals surface area contributed by atoms with E-state index >= 15 is 0 Å². The monoisotopic (exact) mass is 329 g/mol. The van der Waals surface area contributed by atoms with Crippen molar-refractivity contribution in [3.8, 4) is 17.0 Å². The third-order valence-electron chi connectivity index (χ3n) is 3.79. The van der Waals surface area contributed by atoms with Crippen LogP contribution in [-0.4, -0.2) is 39.5 Å². The molecule has 0 saturated carbocycles. The van der Waals surface area contributed by atoms with Crippen LogP contribution in [0.5, 0.6) is 5.75 Å². The summed E-state index contributed by atoms with van der Waals surface area (Å²) in [6, 6.07) is 6.90. The second-order valence-electron chi connectivity index (χ2n) is 5.83. The molecule has 0 bridgehead atoms. The van der Waals surface area contributed by atoms with Gasteiger partial charge in [0.2, 0.25) is 0 Å². The van der Waals surface area contributed by atoms with Crippen molar-refractivity contribution in [2.24, 2.45) is 0 Å². The zero-order chi connectivity index (χ0) is 17.1. The van der Waals surface area contributed by atoms with Crippen LogP contribution in [0.3, 0.4) is 0 Å². The van der Waals surface area contributed by atoms with Crippen molar-refractivity contribution in [3.05, 3.63) is 53.2 Å². The van der Waals surface area contributed by atoms with E-state index in [9.17, 15) is 4.39 Å². The highest BCUT2D eigenvalue weighted by Gasteiger charge is 2.13. The Kier molecular flexibility index (Phi) is 4.61. The van der Waals surface area contributed by atoms with E-state index < -0.39 is 5.82 Å². The average molecular weight is 329 g/mol. The molecule has 0 aliphatic heterocycles. The first-order chi connectivity index (χ1) is 11.6. The third-order valence-corrected chi connectivity index (χ3v) is 3.79. The number of aryl methyl sites for hydroxylation is 1. The van der Waals surface area contributed by atoms with Crippen LogP contribution in [0.4, 0.5) is 4.39 Å². The standard InChI is InChI=1S/C17H20FN5O/c1-11-6-14(21-20-11)10-23(2)9-13-8-19-22-17(13)12-4-5-16(24-3)15(18)7-12/h4-8H,9-10H2,1-3H3,(H,19,22)(H,20,21). The molecule has 0 saturated heterocycles. The van der Waals surface area contributed by atoms with E-state index in [-0.39, 0.29) is 5.75 Å². The van der Waals surface area contributed by atoms with Gasteiger partial charge in [0.15, 0.2) is 11.6 Å². The fraction of sp³-hybridized carbons (Fsp3) is 0.294. The van der Waals surface area contributed by atoms with Crippen molar-refractivity contribution < 1.29 is 9.13 Å². The summed E-state index contributed by atoms with van der Waals surface area (Å²) in [5.74, 6) is -0.165. The summed E-state index contributed by atoms with van der Waals surface area (Å²) in [5.41, 5.74) is 4.56. The predicted molar refractivity (Wildman–Crippen MR) is 89.0 cm³/mol. The molecule has 7 heteroatoms. The number of hydrogen-bond acceptors (Lipinski definition) is 4. The van der Waals surface area contributed by atoms with E-state index in [1.165, 1.54) is 13.2 Å². The Morgan fingerprint density at radius 3 is 2.71 bits per heavy atom. The van der Waals surface area contributed by atoms with E-state index in [4.69, 9.17) is 4.74 Å². The molecule has 3 rings (SSSR count). The van der Waals surface area contributed by atoms with Crippen LogP contribution < -0.4 is 4.74 Å². The average Bonchev–Trinajstić information content (AvgIpc) is 3.16. The Labute approximate surface area is 139 Å². The molecule has 0 aliphatic rings. The highest BCUT2D eigenvalue weighted by atomic mass is 19.1. The lowest BCUT2D eigenvalue weighted by atomic mass is 10.1. The number of methoxy groups -OCH3 is 1. The first-order valence-electron chi connectivity index (χ1n) is 7.62. The first kappa shape index (κ1) is 16.2. The summed E-state index contributed by atoms with van der Waals surface area (Å²) >= 11 is 0. The molecule has 0 atom stereocenters. The first-order valence-corrected chi connectivity index (χ1v) is 7.62. The van der Waals surface area contributed by atoms with E-state index in [1.807, 2.05) is 26.1 Å². The van der Waals surface area contributed by atoms with Gasteiger partial charge in [0.1, 0.15) is 0 Å². The van der Waals surface area contributed by atoms with Gasteiger partial charge in [-0.2, -0.15) is 10.2 Å². The van der Waals surface area contributed by atoms with Crippen LogP contribution in [0.15, 0.2) is 30.5 Å². The SMILES string of the molecule is COc1ccc(-c2[nH]ncc2CN(C)Cc2cc(C)[nH]n2)cc1F. The Bertz CT molecular complexity index is 826. The lowest BCUT2D eigenvalue weighted by Gasteiger charge is -2.15. The summed E-state index contributed by atoms with van der Waals surface area (Å²) in [4.78, 5) is 2.13. The second kappa shape index (κ2) is 6.84. The van der Waals surface area contributed by atoms with Gasteiger partial charge < -0.3 is 4.74 Å². The molecule has 24 heavy (non-hydrogen) atoms. The maximum atomic E-state index is 13.9. The van der Waals surface area contributed by atoms with Crippen molar-refractivity contribution in [1.82, 2.24) is 25.3 Å². The lowest BCUT2D eigenvalue weighted by Crippen LogP contribution is -2.17. The lowest BCUT2D eigenvalue weighted by molar-refractivity contribution is 0.315. The smallest absolute Gasteiger partial charge is 0.165 e. The number of halogens is 1. The normalized spacial score (nSPS) is 11.2. The molecular weight excluding hydrogens is 309 g/mol. The van der Waals surface area contributed by atoms with Crippen molar-refractivity contribution in [2.45, 2.75) is 20.0 Å². The molecule has 2 heterocycles. The molecule has 0 unspecified atom stereocenters. The van der Waals surface area contributed by atoms with Gasteiger partial charge in [0.05, 0.1) is 24.7 Å². The van der Waals surface area contributed by atoms with Crippen LogP contribution in [-0.2, 0) is 13.1 Å². The maximum Gasteiger partial charge on any atom is 0.165 e. The summed E-state index contributed by atoms with van der Waals surface area (Å²) in [7, 11) is 3.46. The second-order valence-corrected chi connectivity index (χ2v) is 5.83. The highest BCUT2D eigenvalue weighted by molar-refractivity contribution is 5.63. The number of rotatable bonds is 6. The van der Waals surface area contributed by atoms with Gasteiger partial charge >= 0.3 is 0 Å². The molecule has 0 amide bonds. The Balaban J connectivity index is 1.76. The number of ether oxygens (including phenoxy) is 1. The summed E-state index contributed by atoms with van der Waals surface area (Å²) in [5, 5.41) is 14.2. The van der Waals surface area contributed by atoms with Crippen LogP contribution in [0.1, 0.15) is 17.0 Å². The fourth-order valence-electron chi connectivity index (χ4n) is 2.68. The topological polar surface area (TPSA) is 69.8 Å². The van der Waals surface area contributed by atoms with E-state index in [2.05, 4.69) is 25.3 Å². The third kappa shape index (κ3) is 3.46. The van der Waals surface area contributed by atoms with Gasteiger partial charge in [-0.05, 0) is 38.2 Å². The molecule has 0 radical (unpaired) electrons. The van der Waals surface area contributed by atoms with Gasteiger partial charge in [0.25, 0.3) is 0 Å². The molecule has 0 spiro atoms. The number of nitrogens with one attached hydrogen (secondary N) is 2. The molecule has 2 aromatic heterocycles. The summed E-state index contributed by atoms with van der Waals surface area (Å²) < 4.78 is 18.9. The highest BCUT2D eigenvalue weighted by Crippen LogP contribution is 2.27. The van der Waals surface area contributed by atoms with Crippen molar-refractivity contribution in [2.75, 3.05) is 14.2 Å². The summed E-state index contributed by atoms with van der Waals surface area (Å²) in [6.45, 7) is 3.36. The molecular formula is C17H20FN5O. The van der Waals surface area contributed by atoms with Crippen LogP contribution >= 0.6 is 0 Å². The van der Waals surface area contributed by atoms with Crippen LogP contribution in [0, 0.1) is 12.7 Å². The molecule has 3 aromatic rings. The van der Waals surface area contributed by atoms with Gasteiger partial charge in [-0.25, -0.2) is 4.39 Å². The fourth-order valence-corrected chi connectivity index (χ4v) is 2.68. The van der Waals surface area contributed by atoms with E-state index in [0.29, 0.717) is 13.1 Å². The minimum atomic E-state index is -0.393. The molecule has 6 nitrogen and oxygen atoms in total. The number of nitrogens with zero attached hydrogens (tertiary/aromatic N) is 3. The molecule has 2 N–H and O–H groups in total. The van der Waals surface area contributed by atoms with Gasteiger partial charge in [0, 0.05) is 29.9 Å². The van der Waals surface area contributed by atoms with Crippen molar-refractivity contribution >= 4 is 0 Å². The Hall–Kier alpha value is -2.67. The maximum absolute atomic E-state index is 13.9. The predicted octanol–water partition coefficient (Wildman–Crippen LogP) is 2.89. The molecule has 0 fully saturated rings. The number of aromatic nitrogens is 4. The van der Waals surface area contributed by atoms with Gasteiger partial charge in [-0.1, -0.05) is 0 Å². The minimum absolute atomic E-state index is 0.228. The Morgan fingerprint density at radius 2 is 2.04 bits per heavy atom. The number of H-pyrrole nitrogens is 2. The number of hydrogen-bond donors (Lipinski definition) is 2. The molecule has 1 aromatic carbocycles. The van der Waals surface area contributed by atoms with E-state index in [0.717, 1.165) is 28.2 Å². The molecule has 0 aliphatic carbocycles. The van der Waals surface area contributed by atoms with Gasteiger partial charge in [-0.15, -0.1) is 0 Å². The Morgan fingerprint density at radius 1 is 1.21 bits per heavy atom. The number of aromatic amines is 2.